The molecule has 2 aromatic carbocycles. The number of halogens is 3. The molecular formula is C23H18F3N5O2. The first kappa shape index (κ1) is 22.0. The molecule has 168 valence electrons. The maximum Gasteiger partial charge on any atom is 0.433 e. The van der Waals surface area contributed by atoms with Gasteiger partial charge >= 0.3 is 12.1 Å². The molecule has 0 fully saturated rings. The minimum absolute atomic E-state index is 0.0705. The summed E-state index contributed by atoms with van der Waals surface area (Å²) >= 11 is 0. The SMILES string of the molecule is Cc1ccc(-c2cc(C(F)(F)F)n3nc(C(=O)O/N=C(\N)c4ccccc4)cc3n2)cc1C. The van der Waals surface area contributed by atoms with Crippen LogP contribution < -0.4 is 5.73 Å². The molecule has 0 spiro atoms. The molecule has 0 unspecified atom stereocenters. The zero-order valence-corrected chi connectivity index (χ0v) is 17.6. The molecule has 2 heterocycles. The lowest BCUT2D eigenvalue weighted by Crippen LogP contribution is -2.16. The van der Waals surface area contributed by atoms with Crippen molar-refractivity contribution in [2.45, 2.75) is 20.0 Å². The summed E-state index contributed by atoms with van der Waals surface area (Å²) in [6.45, 7) is 3.76. The number of hydrogen-bond donors (Lipinski definition) is 1. The molecule has 2 aromatic heterocycles. The molecule has 0 atom stereocenters. The highest BCUT2D eigenvalue weighted by atomic mass is 19.4. The number of nitrogens with two attached hydrogens (primary N) is 1. The largest absolute Gasteiger partial charge is 0.433 e. The predicted octanol–water partition coefficient (Wildman–Crippen LogP) is 4.51. The van der Waals surface area contributed by atoms with E-state index in [2.05, 4.69) is 15.2 Å². The minimum atomic E-state index is -4.74. The lowest BCUT2D eigenvalue weighted by Gasteiger charge is -2.11. The highest BCUT2D eigenvalue weighted by molar-refractivity contribution is 5.98. The van der Waals surface area contributed by atoms with E-state index in [0.29, 0.717) is 15.6 Å². The van der Waals surface area contributed by atoms with Gasteiger partial charge in [0, 0.05) is 17.2 Å². The Hall–Kier alpha value is -4.21. The molecule has 0 aliphatic rings. The number of amidine groups is 1. The number of carbonyl (C=O) groups is 1. The number of nitrogens with zero attached hydrogens (tertiary/aromatic N) is 4. The molecule has 33 heavy (non-hydrogen) atoms. The van der Waals surface area contributed by atoms with Crippen LogP contribution >= 0.6 is 0 Å². The summed E-state index contributed by atoms with van der Waals surface area (Å²) in [6.07, 6.45) is -4.74. The Bertz CT molecular complexity index is 1380. The molecule has 4 aromatic rings. The van der Waals surface area contributed by atoms with Crippen molar-refractivity contribution in [3.63, 3.8) is 0 Å². The molecular weight excluding hydrogens is 435 g/mol. The number of oxime groups is 1. The number of hydrogen-bond acceptors (Lipinski definition) is 5. The lowest BCUT2D eigenvalue weighted by atomic mass is 10.0. The van der Waals surface area contributed by atoms with Gasteiger partial charge in [0.2, 0.25) is 0 Å². The fourth-order valence-corrected chi connectivity index (χ4v) is 3.12. The van der Waals surface area contributed by atoms with Gasteiger partial charge in [-0.05, 0) is 37.1 Å². The van der Waals surface area contributed by atoms with Crippen LogP contribution in [-0.4, -0.2) is 26.4 Å². The quantitative estimate of drug-likeness (QED) is 0.212. The highest BCUT2D eigenvalue weighted by Gasteiger charge is 2.36. The summed E-state index contributed by atoms with van der Waals surface area (Å²) < 4.78 is 41.9. The summed E-state index contributed by atoms with van der Waals surface area (Å²) in [5.41, 5.74) is 7.18. The van der Waals surface area contributed by atoms with Crippen molar-refractivity contribution in [2.24, 2.45) is 10.9 Å². The second-order valence-corrected chi connectivity index (χ2v) is 7.34. The van der Waals surface area contributed by atoms with Gasteiger partial charge in [-0.1, -0.05) is 47.6 Å². The Kier molecular flexibility index (Phi) is 5.59. The van der Waals surface area contributed by atoms with Gasteiger partial charge in [0.1, 0.15) is 0 Å². The summed E-state index contributed by atoms with van der Waals surface area (Å²) in [4.78, 5) is 21.4. The molecule has 0 bridgehead atoms. The van der Waals surface area contributed by atoms with Gasteiger partial charge in [0.25, 0.3) is 0 Å². The van der Waals surface area contributed by atoms with E-state index in [1.807, 2.05) is 13.8 Å². The van der Waals surface area contributed by atoms with Gasteiger partial charge in [-0.25, -0.2) is 14.3 Å². The third-order valence-electron chi connectivity index (χ3n) is 5.03. The van der Waals surface area contributed by atoms with E-state index in [-0.39, 0.29) is 17.2 Å². The Morgan fingerprint density at radius 2 is 1.76 bits per heavy atom. The van der Waals surface area contributed by atoms with E-state index in [1.165, 1.54) is 0 Å². The first-order chi connectivity index (χ1) is 15.6. The molecule has 2 N–H and O–H groups in total. The van der Waals surface area contributed by atoms with Gasteiger partial charge < -0.3 is 10.6 Å². The summed E-state index contributed by atoms with van der Waals surface area (Å²) in [7, 11) is 0. The third kappa shape index (κ3) is 4.54. The standard InChI is InChI=1S/C23H18F3N5O2/c1-13-8-9-16(10-14(13)2)17-11-19(23(24,25)26)31-20(28-17)12-18(29-31)22(32)33-30-21(27)15-6-4-3-5-7-15/h3-12H,1-2H3,(H2,27,30). The van der Waals surface area contributed by atoms with Crippen molar-refractivity contribution in [3.8, 4) is 11.3 Å². The van der Waals surface area contributed by atoms with E-state index in [9.17, 15) is 18.0 Å². The van der Waals surface area contributed by atoms with Crippen LogP contribution in [-0.2, 0) is 11.0 Å². The number of aryl methyl sites for hydroxylation is 2. The number of benzene rings is 2. The van der Waals surface area contributed by atoms with E-state index in [1.54, 1.807) is 48.5 Å². The van der Waals surface area contributed by atoms with Crippen molar-refractivity contribution >= 4 is 17.5 Å². The topological polar surface area (TPSA) is 94.9 Å². The number of fused-ring (bicyclic) bond motifs is 1. The van der Waals surface area contributed by atoms with Crippen LogP contribution in [0.25, 0.3) is 16.9 Å². The zero-order chi connectivity index (χ0) is 23.8. The van der Waals surface area contributed by atoms with Gasteiger partial charge in [-0.2, -0.15) is 18.3 Å². The Morgan fingerprint density at radius 1 is 1.03 bits per heavy atom. The van der Waals surface area contributed by atoms with E-state index in [4.69, 9.17) is 10.6 Å². The molecule has 0 radical (unpaired) electrons. The van der Waals surface area contributed by atoms with Crippen LogP contribution in [0.1, 0.15) is 32.9 Å². The van der Waals surface area contributed by atoms with Crippen LogP contribution in [0.5, 0.6) is 0 Å². The molecule has 0 saturated carbocycles. The average molecular weight is 453 g/mol. The molecule has 0 amide bonds. The fourth-order valence-electron chi connectivity index (χ4n) is 3.12. The molecule has 10 heteroatoms. The monoisotopic (exact) mass is 453 g/mol. The Labute approximate surface area is 186 Å². The first-order valence-electron chi connectivity index (χ1n) is 9.79. The molecule has 7 nitrogen and oxygen atoms in total. The van der Waals surface area contributed by atoms with E-state index < -0.39 is 23.5 Å². The summed E-state index contributed by atoms with van der Waals surface area (Å²) in [6, 6.07) is 15.8. The van der Waals surface area contributed by atoms with Crippen molar-refractivity contribution in [3.05, 3.63) is 88.7 Å². The van der Waals surface area contributed by atoms with Gasteiger partial charge in [0.05, 0.1) is 5.69 Å². The summed E-state index contributed by atoms with van der Waals surface area (Å²) in [5.74, 6) is -1.14. The van der Waals surface area contributed by atoms with E-state index >= 15 is 0 Å². The van der Waals surface area contributed by atoms with Gasteiger partial charge in [-0.15, -0.1) is 0 Å². The highest BCUT2D eigenvalue weighted by Crippen LogP contribution is 2.32. The third-order valence-corrected chi connectivity index (χ3v) is 5.03. The minimum Gasteiger partial charge on any atom is -0.380 e. The van der Waals surface area contributed by atoms with Crippen molar-refractivity contribution in [1.29, 1.82) is 0 Å². The maximum absolute atomic E-state index is 13.8. The lowest BCUT2D eigenvalue weighted by molar-refractivity contribution is -0.142. The van der Waals surface area contributed by atoms with Gasteiger partial charge in [-0.3, -0.25) is 0 Å². The Balaban J connectivity index is 1.72. The number of alkyl halides is 3. The van der Waals surface area contributed by atoms with Crippen LogP contribution in [0.4, 0.5) is 13.2 Å². The smallest absolute Gasteiger partial charge is 0.380 e. The van der Waals surface area contributed by atoms with Crippen molar-refractivity contribution in [2.75, 3.05) is 0 Å². The number of rotatable bonds is 4. The summed E-state index contributed by atoms with van der Waals surface area (Å²) in [5, 5.41) is 7.29. The van der Waals surface area contributed by atoms with Crippen molar-refractivity contribution in [1.82, 2.24) is 14.6 Å². The second-order valence-electron chi connectivity index (χ2n) is 7.34. The van der Waals surface area contributed by atoms with Crippen LogP contribution in [0.2, 0.25) is 0 Å². The van der Waals surface area contributed by atoms with Crippen LogP contribution in [0.3, 0.4) is 0 Å². The van der Waals surface area contributed by atoms with Gasteiger partial charge in [0.15, 0.2) is 22.9 Å². The normalized spacial score (nSPS) is 12.2. The van der Waals surface area contributed by atoms with E-state index in [0.717, 1.165) is 23.3 Å². The number of carbonyl (C=O) groups excluding carboxylic acids is 1. The van der Waals surface area contributed by atoms with Crippen LogP contribution in [0, 0.1) is 13.8 Å². The zero-order valence-electron chi connectivity index (χ0n) is 17.6. The molecule has 0 saturated heterocycles. The average Bonchev–Trinajstić information content (AvgIpc) is 3.22. The second kappa shape index (κ2) is 8.38. The van der Waals surface area contributed by atoms with Crippen molar-refractivity contribution < 1.29 is 22.8 Å². The van der Waals surface area contributed by atoms with Crippen LogP contribution in [0.15, 0.2) is 65.8 Å². The Morgan fingerprint density at radius 3 is 2.42 bits per heavy atom. The maximum atomic E-state index is 13.8. The number of aromatic nitrogens is 3. The molecule has 0 aliphatic carbocycles. The molecule has 4 rings (SSSR count). The molecule has 0 aliphatic heterocycles. The fraction of sp³-hybridized carbons (Fsp3) is 0.130. The predicted molar refractivity (Wildman–Crippen MR) is 115 cm³/mol. The first-order valence-corrected chi connectivity index (χ1v) is 9.79.